The number of carbonyl (C=O) groups excluding carboxylic acids is 1. The van der Waals surface area contributed by atoms with Crippen LogP contribution in [0.1, 0.15) is 19.4 Å². The van der Waals surface area contributed by atoms with Gasteiger partial charge in [-0.15, -0.1) is 0 Å². The van der Waals surface area contributed by atoms with Gasteiger partial charge < -0.3 is 34.6 Å². The third kappa shape index (κ3) is 7.75. The van der Waals surface area contributed by atoms with Crippen LogP contribution in [-0.4, -0.2) is 64.9 Å². The minimum Gasteiger partial charge on any atom is -0.493 e. The third-order valence-electron chi connectivity index (χ3n) is 3.71. The average Bonchev–Trinajstić information content (AvgIpc) is 2.58. The molecular formula is C17H27N2O8P. The molecule has 0 aliphatic rings. The number of hydrogen-bond acceptors (Lipinski definition) is 5. The highest BCUT2D eigenvalue weighted by atomic mass is 31.2. The number of methoxy groups -OCH3 is 2. The first-order valence-corrected chi connectivity index (χ1v) is 10.3. The second-order valence-electron chi connectivity index (χ2n) is 6.66. The lowest BCUT2D eigenvalue weighted by atomic mass is 10.1. The zero-order valence-electron chi connectivity index (χ0n) is 16.3. The lowest BCUT2D eigenvalue weighted by Gasteiger charge is -2.27. The highest BCUT2D eigenvalue weighted by Gasteiger charge is 2.28. The summed E-state index contributed by atoms with van der Waals surface area (Å²) in [7, 11) is -1.58. The monoisotopic (exact) mass is 418 g/mol. The number of nitrogens with one attached hydrogen (secondary N) is 1. The second kappa shape index (κ2) is 10.3. The molecule has 0 saturated carbocycles. The molecule has 158 valence electrons. The first-order valence-electron chi connectivity index (χ1n) is 8.50. The van der Waals surface area contributed by atoms with Crippen LogP contribution in [0.3, 0.4) is 0 Å². The second-order valence-corrected chi connectivity index (χ2v) is 8.27. The zero-order valence-corrected chi connectivity index (χ0v) is 17.2. The number of carboxylic acid groups (broad SMARTS) is 1. The van der Waals surface area contributed by atoms with Gasteiger partial charge in [-0.1, -0.05) is 19.9 Å². The van der Waals surface area contributed by atoms with Crippen molar-refractivity contribution >= 4 is 19.6 Å². The number of amides is 2. The van der Waals surface area contributed by atoms with Gasteiger partial charge in [0.15, 0.2) is 11.5 Å². The molecule has 0 aromatic heterocycles. The fourth-order valence-corrected chi connectivity index (χ4v) is 3.24. The van der Waals surface area contributed by atoms with Gasteiger partial charge in [0, 0.05) is 13.0 Å². The van der Waals surface area contributed by atoms with E-state index in [1.807, 2.05) is 0 Å². The van der Waals surface area contributed by atoms with Crippen molar-refractivity contribution in [1.82, 2.24) is 10.2 Å². The summed E-state index contributed by atoms with van der Waals surface area (Å²) in [5, 5.41) is 11.8. The van der Waals surface area contributed by atoms with Crippen LogP contribution in [0.2, 0.25) is 0 Å². The Kier molecular flexibility index (Phi) is 8.74. The minimum absolute atomic E-state index is 0.0488. The molecule has 10 nitrogen and oxygen atoms in total. The van der Waals surface area contributed by atoms with Crippen LogP contribution < -0.4 is 14.8 Å². The van der Waals surface area contributed by atoms with Crippen LogP contribution in [0.15, 0.2) is 18.2 Å². The van der Waals surface area contributed by atoms with E-state index in [-0.39, 0.29) is 18.9 Å². The highest BCUT2D eigenvalue weighted by Crippen LogP contribution is 2.35. The Hall–Kier alpha value is -2.29. The summed E-state index contributed by atoms with van der Waals surface area (Å²) >= 11 is 0. The molecule has 0 bridgehead atoms. The van der Waals surface area contributed by atoms with Crippen molar-refractivity contribution in [2.75, 3.05) is 27.1 Å². The van der Waals surface area contributed by atoms with Gasteiger partial charge >= 0.3 is 19.6 Å². The minimum atomic E-state index is -4.50. The summed E-state index contributed by atoms with van der Waals surface area (Å²) in [6, 6.07) is 2.71. The maximum atomic E-state index is 12.4. The van der Waals surface area contributed by atoms with E-state index in [1.54, 1.807) is 32.0 Å². The number of rotatable bonds is 10. The molecule has 1 atom stereocenters. The predicted molar refractivity (Wildman–Crippen MR) is 102 cm³/mol. The normalized spacial score (nSPS) is 12.4. The van der Waals surface area contributed by atoms with E-state index >= 15 is 0 Å². The van der Waals surface area contributed by atoms with Crippen molar-refractivity contribution in [2.24, 2.45) is 5.92 Å². The van der Waals surface area contributed by atoms with Crippen LogP contribution in [0, 0.1) is 5.92 Å². The fraction of sp³-hybridized carbons (Fsp3) is 0.529. The fourth-order valence-electron chi connectivity index (χ4n) is 2.55. The lowest BCUT2D eigenvalue weighted by Crippen LogP contribution is -2.50. The molecule has 0 radical (unpaired) electrons. The quantitative estimate of drug-likeness (QED) is 0.418. The molecular weight excluding hydrogens is 391 g/mol. The molecule has 28 heavy (non-hydrogen) atoms. The molecule has 1 aromatic carbocycles. The number of carboxylic acids is 1. The number of ether oxygens (including phenoxy) is 2. The average molecular weight is 418 g/mol. The van der Waals surface area contributed by atoms with E-state index in [1.165, 1.54) is 14.2 Å². The van der Waals surface area contributed by atoms with Crippen LogP contribution in [-0.2, 0) is 15.8 Å². The maximum absolute atomic E-state index is 12.4. The molecule has 0 heterocycles. The standard InChI is InChI=1S/C17H27N2O8P/c1-11(2)9-19(10-28(23,24)25)17(22)18-13(16(20)21)7-12-5-6-14(26-3)15(8-12)27-4/h5-6,8,11,13H,7,9-10H2,1-4H3,(H,18,22)(H,20,21)(H2,23,24,25)/t13-/m0/s1. The molecule has 0 aliphatic carbocycles. The van der Waals surface area contributed by atoms with Crippen molar-refractivity contribution in [1.29, 1.82) is 0 Å². The highest BCUT2D eigenvalue weighted by molar-refractivity contribution is 7.51. The summed E-state index contributed by atoms with van der Waals surface area (Å²) in [6.45, 7) is 3.62. The number of urea groups is 1. The topological polar surface area (TPSA) is 146 Å². The third-order valence-corrected chi connectivity index (χ3v) is 4.42. The molecule has 0 unspecified atom stereocenters. The van der Waals surface area contributed by atoms with Gasteiger partial charge in [-0.25, -0.2) is 9.59 Å². The summed E-state index contributed by atoms with van der Waals surface area (Å²) in [6.07, 6.45) is -0.841. The van der Waals surface area contributed by atoms with Crippen LogP contribution >= 0.6 is 7.60 Å². The summed E-state index contributed by atoms with van der Waals surface area (Å²) in [5.74, 6) is -0.444. The van der Waals surface area contributed by atoms with Crippen LogP contribution in [0.5, 0.6) is 11.5 Å². The van der Waals surface area contributed by atoms with Gasteiger partial charge in [-0.2, -0.15) is 0 Å². The van der Waals surface area contributed by atoms with Gasteiger partial charge in [0.1, 0.15) is 12.3 Å². The molecule has 0 spiro atoms. The van der Waals surface area contributed by atoms with Gasteiger partial charge in [-0.05, 0) is 23.6 Å². The van der Waals surface area contributed by atoms with Gasteiger partial charge in [-0.3, -0.25) is 4.57 Å². The number of aliphatic carboxylic acids is 1. The summed E-state index contributed by atoms with van der Waals surface area (Å²) in [4.78, 5) is 43.3. The SMILES string of the molecule is COc1ccc(C[C@H](NC(=O)N(CC(C)C)CP(=O)(O)O)C(=O)O)cc1OC. The molecule has 4 N–H and O–H groups in total. The Morgan fingerprint density at radius 2 is 1.79 bits per heavy atom. The molecule has 0 saturated heterocycles. The van der Waals surface area contributed by atoms with E-state index in [0.29, 0.717) is 17.1 Å². The largest absolute Gasteiger partial charge is 0.493 e. The Morgan fingerprint density at radius 1 is 1.18 bits per heavy atom. The Bertz CT molecular complexity index is 734. The van der Waals surface area contributed by atoms with E-state index < -0.39 is 31.9 Å². The van der Waals surface area contributed by atoms with Gasteiger partial charge in [0.25, 0.3) is 0 Å². The van der Waals surface area contributed by atoms with Crippen molar-refractivity contribution in [3.63, 3.8) is 0 Å². The molecule has 0 aliphatic heterocycles. The number of benzene rings is 1. The van der Waals surface area contributed by atoms with Crippen LogP contribution in [0.25, 0.3) is 0 Å². The van der Waals surface area contributed by atoms with Crippen molar-refractivity contribution in [2.45, 2.75) is 26.3 Å². The summed E-state index contributed by atoms with van der Waals surface area (Å²) in [5.41, 5.74) is 0.579. The first-order chi connectivity index (χ1) is 13.0. The Balaban J connectivity index is 2.97. The van der Waals surface area contributed by atoms with Gasteiger partial charge in [0.05, 0.1) is 14.2 Å². The Labute approximate surface area is 163 Å². The Morgan fingerprint density at radius 3 is 2.25 bits per heavy atom. The molecule has 11 heteroatoms. The molecule has 1 rings (SSSR count). The number of nitrogens with zero attached hydrogens (tertiary/aromatic N) is 1. The van der Waals surface area contributed by atoms with E-state index in [2.05, 4.69) is 5.32 Å². The van der Waals surface area contributed by atoms with E-state index in [9.17, 15) is 29.0 Å². The van der Waals surface area contributed by atoms with Crippen LogP contribution in [0.4, 0.5) is 4.79 Å². The van der Waals surface area contributed by atoms with Crippen molar-refractivity contribution in [3.05, 3.63) is 23.8 Å². The van der Waals surface area contributed by atoms with Gasteiger partial charge in [0.2, 0.25) is 0 Å². The molecule has 1 aromatic rings. The maximum Gasteiger partial charge on any atom is 0.344 e. The number of hydrogen-bond donors (Lipinski definition) is 4. The molecule has 0 fully saturated rings. The lowest BCUT2D eigenvalue weighted by molar-refractivity contribution is -0.139. The smallest absolute Gasteiger partial charge is 0.344 e. The van der Waals surface area contributed by atoms with E-state index in [4.69, 9.17) is 9.47 Å². The molecule has 2 amide bonds. The zero-order chi connectivity index (χ0) is 21.5. The summed E-state index contributed by atoms with van der Waals surface area (Å²) < 4.78 is 21.6. The van der Waals surface area contributed by atoms with Crippen molar-refractivity contribution in [3.8, 4) is 11.5 Å². The first kappa shape index (κ1) is 23.7. The predicted octanol–water partition coefficient (Wildman–Crippen LogP) is 1.50. The van der Waals surface area contributed by atoms with Crippen molar-refractivity contribution < 1.29 is 38.5 Å². The van der Waals surface area contributed by atoms with E-state index in [0.717, 1.165) is 4.90 Å². The number of carbonyl (C=O) groups is 2.